The lowest BCUT2D eigenvalue weighted by Crippen LogP contribution is -2.14. The van der Waals surface area contributed by atoms with Crippen LogP contribution in [0, 0.1) is 6.92 Å². The second kappa shape index (κ2) is 7.45. The molecule has 0 unspecified atom stereocenters. The van der Waals surface area contributed by atoms with Gasteiger partial charge in [-0.15, -0.1) is 0 Å². The van der Waals surface area contributed by atoms with E-state index in [-0.39, 0.29) is 11.8 Å². The van der Waals surface area contributed by atoms with Crippen molar-refractivity contribution in [2.45, 2.75) is 6.92 Å². The first-order chi connectivity index (χ1) is 12.1. The maximum atomic E-state index is 12.3. The highest BCUT2D eigenvalue weighted by molar-refractivity contribution is 6.06. The van der Waals surface area contributed by atoms with Gasteiger partial charge in [-0.05, 0) is 55.0 Å². The van der Waals surface area contributed by atoms with Gasteiger partial charge in [-0.25, -0.2) is 0 Å². The second-order valence-electron chi connectivity index (χ2n) is 5.67. The number of aryl methyl sites for hydroxylation is 1. The first-order valence-electron chi connectivity index (χ1n) is 7.97. The normalized spacial score (nSPS) is 10.1. The van der Waals surface area contributed by atoms with E-state index in [9.17, 15) is 9.59 Å². The fourth-order valence-electron chi connectivity index (χ4n) is 2.46. The van der Waals surface area contributed by atoms with Crippen LogP contribution in [-0.4, -0.2) is 11.8 Å². The number of hydrogen-bond acceptors (Lipinski definition) is 2. The zero-order valence-electron chi connectivity index (χ0n) is 13.8. The molecule has 3 aromatic carbocycles. The Labute approximate surface area is 146 Å². The van der Waals surface area contributed by atoms with E-state index in [1.165, 1.54) is 0 Å². The molecule has 2 N–H and O–H groups in total. The van der Waals surface area contributed by atoms with Crippen molar-refractivity contribution in [1.82, 2.24) is 0 Å². The van der Waals surface area contributed by atoms with Crippen molar-refractivity contribution < 1.29 is 9.59 Å². The number of anilines is 2. The van der Waals surface area contributed by atoms with Gasteiger partial charge in [0, 0.05) is 22.5 Å². The Kier molecular flexibility index (Phi) is 4.90. The fraction of sp³-hybridized carbons (Fsp3) is 0.0476. The summed E-state index contributed by atoms with van der Waals surface area (Å²) in [4.78, 5) is 24.5. The molecule has 4 heteroatoms. The highest BCUT2D eigenvalue weighted by Crippen LogP contribution is 2.15. The van der Waals surface area contributed by atoms with Crippen molar-refractivity contribution in [3.63, 3.8) is 0 Å². The summed E-state index contributed by atoms with van der Waals surface area (Å²) < 4.78 is 0. The minimum absolute atomic E-state index is 0.167. The van der Waals surface area contributed by atoms with Crippen molar-refractivity contribution in [3.8, 4) is 0 Å². The first-order valence-corrected chi connectivity index (χ1v) is 7.97. The van der Waals surface area contributed by atoms with Crippen molar-refractivity contribution in [2.24, 2.45) is 0 Å². The van der Waals surface area contributed by atoms with E-state index in [0.717, 1.165) is 11.3 Å². The van der Waals surface area contributed by atoms with Crippen molar-refractivity contribution in [2.75, 3.05) is 10.6 Å². The lowest BCUT2D eigenvalue weighted by molar-refractivity contribution is 0.101. The molecule has 0 radical (unpaired) electrons. The van der Waals surface area contributed by atoms with Gasteiger partial charge in [-0.1, -0.05) is 36.4 Å². The Hall–Kier alpha value is -3.40. The van der Waals surface area contributed by atoms with E-state index in [2.05, 4.69) is 10.6 Å². The van der Waals surface area contributed by atoms with Gasteiger partial charge in [0.1, 0.15) is 0 Å². The first kappa shape index (κ1) is 16.5. The minimum atomic E-state index is -0.192. The van der Waals surface area contributed by atoms with Gasteiger partial charge in [0.25, 0.3) is 11.8 Å². The molecule has 0 bridgehead atoms. The summed E-state index contributed by atoms with van der Waals surface area (Å²) in [6, 6.07) is 23.5. The van der Waals surface area contributed by atoms with Crippen molar-refractivity contribution in [1.29, 1.82) is 0 Å². The number of carbonyl (C=O) groups is 2. The summed E-state index contributed by atoms with van der Waals surface area (Å²) in [7, 11) is 0. The molecule has 0 spiro atoms. The topological polar surface area (TPSA) is 58.2 Å². The van der Waals surface area contributed by atoms with Crippen LogP contribution in [0.15, 0.2) is 78.9 Å². The molecule has 0 saturated heterocycles. The molecule has 3 rings (SSSR count). The Bertz CT molecular complexity index is 887. The number of hydrogen-bond donors (Lipinski definition) is 2. The van der Waals surface area contributed by atoms with E-state index in [1.54, 1.807) is 30.3 Å². The maximum Gasteiger partial charge on any atom is 0.255 e. The van der Waals surface area contributed by atoms with E-state index < -0.39 is 0 Å². The molecular formula is C21H18N2O2. The third-order valence-electron chi connectivity index (χ3n) is 3.83. The molecule has 4 nitrogen and oxygen atoms in total. The Morgan fingerprint density at radius 2 is 1.20 bits per heavy atom. The number of carbonyl (C=O) groups excluding carboxylic acids is 2. The Balaban J connectivity index is 1.67. The average Bonchev–Trinajstić information content (AvgIpc) is 2.63. The number of benzene rings is 3. The summed E-state index contributed by atoms with van der Waals surface area (Å²) >= 11 is 0. The van der Waals surface area contributed by atoms with Crippen LogP contribution < -0.4 is 10.6 Å². The van der Waals surface area contributed by atoms with Crippen LogP contribution in [0.5, 0.6) is 0 Å². The second-order valence-corrected chi connectivity index (χ2v) is 5.67. The summed E-state index contributed by atoms with van der Waals surface area (Å²) in [5, 5.41) is 5.67. The van der Waals surface area contributed by atoms with Gasteiger partial charge in [0.2, 0.25) is 0 Å². The van der Waals surface area contributed by atoms with Gasteiger partial charge in [0.05, 0.1) is 0 Å². The molecular weight excluding hydrogens is 312 g/mol. The lowest BCUT2D eigenvalue weighted by atomic mass is 10.1. The molecule has 0 aliphatic heterocycles. The number of amides is 2. The van der Waals surface area contributed by atoms with E-state index in [1.807, 2.05) is 55.5 Å². The summed E-state index contributed by atoms with van der Waals surface area (Å²) in [6.45, 7) is 1.89. The zero-order valence-corrected chi connectivity index (χ0v) is 13.8. The molecule has 124 valence electrons. The standard InChI is InChI=1S/C21H18N2O2/c1-15-7-5-6-10-19(15)21(25)23-18-13-11-16(12-14-18)20(24)22-17-8-3-2-4-9-17/h2-14H,1H3,(H,22,24)(H,23,25). The predicted octanol–water partition coefficient (Wildman–Crippen LogP) is 4.50. The van der Waals surface area contributed by atoms with E-state index in [4.69, 9.17) is 0 Å². The molecule has 0 aliphatic rings. The maximum absolute atomic E-state index is 12.3. The number of nitrogens with one attached hydrogen (secondary N) is 2. The summed E-state index contributed by atoms with van der Waals surface area (Å²) in [6.07, 6.45) is 0. The highest BCUT2D eigenvalue weighted by Gasteiger charge is 2.10. The van der Waals surface area contributed by atoms with Gasteiger partial charge in [-0.2, -0.15) is 0 Å². The van der Waals surface area contributed by atoms with Gasteiger partial charge >= 0.3 is 0 Å². The minimum Gasteiger partial charge on any atom is -0.322 e. The molecule has 0 aliphatic carbocycles. The SMILES string of the molecule is Cc1ccccc1C(=O)Nc1ccc(C(=O)Nc2ccccc2)cc1. The van der Waals surface area contributed by atoms with Gasteiger partial charge in [0.15, 0.2) is 0 Å². The predicted molar refractivity (Wildman–Crippen MR) is 100.0 cm³/mol. The van der Waals surface area contributed by atoms with Crippen LogP contribution in [0.3, 0.4) is 0 Å². The van der Waals surface area contributed by atoms with Gasteiger partial charge < -0.3 is 10.6 Å². The lowest BCUT2D eigenvalue weighted by Gasteiger charge is -2.09. The Morgan fingerprint density at radius 1 is 0.640 bits per heavy atom. The van der Waals surface area contributed by atoms with Crippen molar-refractivity contribution in [3.05, 3.63) is 95.6 Å². The molecule has 25 heavy (non-hydrogen) atoms. The summed E-state index contributed by atoms with van der Waals surface area (Å²) in [5.74, 6) is -0.359. The van der Waals surface area contributed by atoms with Crippen molar-refractivity contribution >= 4 is 23.2 Å². The molecule has 0 fully saturated rings. The van der Waals surface area contributed by atoms with E-state index in [0.29, 0.717) is 16.8 Å². The quantitative estimate of drug-likeness (QED) is 0.740. The van der Waals surface area contributed by atoms with E-state index >= 15 is 0 Å². The van der Waals surface area contributed by atoms with Crippen LogP contribution in [0.25, 0.3) is 0 Å². The van der Waals surface area contributed by atoms with Crippen LogP contribution >= 0.6 is 0 Å². The molecule has 2 amide bonds. The third kappa shape index (κ3) is 4.12. The van der Waals surface area contributed by atoms with Crippen LogP contribution in [0.1, 0.15) is 26.3 Å². The Morgan fingerprint density at radius 3 is 1.88 bits per heavy atom. The monoisotopic (exact) mass is 330 g/mol. The largest absolute Gasteiger partial charge is 0.322 e. The zero-order chi connectivity index (χ0) is 17.6. The summed E-state index contributed by atoms with van der Waals surface area (Å²) in [5.41, 5.74) is 3.46. The molecule has 0 atom stereocenters. The third-order valence-corrected chi connectivity index (χ3v) is 3.83. The fourth-order valence-corrected chi connectivity index (χ4v) is 2.46. The van der Waals surface area contributed by atoms with Crippen LogP contribution in [-0.2, 0) is 0 Å². The number of rotatable bonds is 4. The van der Waals surface area contributed by atoms with Crippen LogP contribution in [0.4, 0.5) is 11.4 Å². The smallest absolute Gasteiger partial charge is 0.255 e. The average molecular weight is 330 g/mol. The van der Waals surface area contributed by atoms with Crippen LogP contribution in [0.2, 0.25) is 0 Å². The van der Waals surface area contributed by atoms with Gasteiger partial charge in [-0.3, -0.25) is 9.59 Å². The highest BCUT2D eigenvalue weighted by atomic mass is 16.2. The molecule has 0 aromatic heterocycles. The number of para-hydroxylation sites is 1. The molecule has 0 heterocycles. The molecule has 3 aromatic rings. The molecule has 0 saturated carbocycles.